The van der Waals surface area contributed by atoms with Gasteiger partial charge in [0.25, 0.3) is 0 Å². The second kappa shape index (κ2) is 14.3. The average Bonchev–Trinajstić information content (AvgIpc) is 2.56. The number of ether oxygens (including phenoxy) is 1. The molecule has 5 nitrogen and oxygen atoms in total. The van der Waals surface area contributed by atoms with Gasteiger partial charge in [0, 0.05) is 31.1 Å². The largest absolute Gasteiger partial charge is 0.492 e. The van der Waals surface area contributed by atoms with Crippen LogP contribution in [0, 0.1) is 5.92 Å². The number of nitrogens with two attached hydrogens (primary N) is 1. The molecule has 0 aliphatic rings. The van der Waals surface area contributed by atoms with Crippen molar-refractivity contribution in [3.63, 3.8) is 0 Å². The number of nitrogens with zero attached hydrogens (tertiary/aromatic N) is 1. The molecule has 0 fully saturated rings. The van der Waals surface area contributed by atoms with Crippen molar-refractivity contribution in [3.8, 4) is 5.75 Å². The van der Waals surface area contributed by atoms with Crippen LogP contribution in [0.25, 0.3) is 0 Å². The highest BCUT2D eigenvalue weighted by atomic mass is 35.5. The number of benzene rings is 1. The van der Waals surface area contributed by atoms with Crippen LogP contribution in [0.3, 0.4) is 0 Å². The normalized spacial score (nSPS) is 11.2. The Morgan fingerprint density at radius 2 is 1.88 bits per heavy atom. The van der Waals surface area contributed by atoms with Gasteiger partial charge in [0.1, 0.15) is 12.4 Å². The first-order chi connectivity index (χ1) is 10.6. The predicted molar refractivity (Wildman–Crippen MR) is 104 cm³/mol. The van der Waals surface area contributed by atoms with Crippen LogP contribution in [0.1, 0.15) is 26.3 Å². The Balaban J connectivity index is 0. The van der Waals surface area contributed by atoms with Crippen LogP contribution in [0.2, 0.25) is 0 Å². The summed E-state index contributed by atoms with van der Waals surface area (Å²) in [5.41, 5.74) is 6.49. The molecule has 0 aliphatic heterocycles. The van der Waals surface area contributed by atoms with Gasteiger partial charge in [0.05, 0.1) is 0 Å². The van der Waals surface area contributed by atoms with E-state index in [9.17, 15) is 4.79 Å². The zero-order chi connectivity index (χ0) is 16.4. The first-order valence-corrected chi connectivity index (χ1v) is 8.03. The number of hydrogen-bond donors (Lipinski definition) is 2. The molecule has 1 atom stereocenters. The molecule has 0 spiro atoms. The first kappa shape index (κ1) is 25.2. The summed E-state index contributed by atoms with van der Waals surface area (Å²) in [5, 5.41) is 2.90. The highest BCUT2D eigenvalue weighted by Gasteiger charge is 2.11. The second-order valence-electron chi connectivity index (χ2n) is 5.34. The van der Waals surface area contributed by atoms with Gasteiger partial charge >= 0.3 is 0 Å². The van der Waals surface area contributed by atoms with Crippen molar-refractivity contribution < 1.29 is 9.53 Å². The number of nitrogens with one attached hydrogen (secondary N) is 1. The summed E-state index contributed by atoms with van der Waals surface area (Å²) in [4.78, 5) is 14.1. The van der Waals surface area contributed by atoms with Gasteiger partial charge in [-0.25, -0.2) is 0 Å². The smallest absolute Gasteiger partial charge is 0.224 e. The van der Waals surface area contributed by atoms with Crippen LogP contribution >= 0.6 is 24.8 Å². The molecule has 0 aromatic heterocycles. The molecule has 140 valence electrons. The van der Waals surface area contributed by atoms with E-state index in [-0.39, 0.29) is 36.6 Å². The monoisotopic (exact) mass is 379 g/mol. The molecule has 3 N–H and O–H groups in total. The Hall–Kier alpha value is -1.01. The van der Waals surface area contributed by atoms with Crippen molar-refractivity contribution in [3.05, 3.63) is 29.8 Å². The molecule has 1 aromatic rings. The Morgan fingerprint density at radius 1 is 1.25 bits per heavy atom. The Kier molecular flexibility index (Phi) is 15.1. The van der Waals surface area contributed by atoms with E-state index in [0.717, 1.165) is 30.9 Å². The van der Waals surface area contributed by atoms with Crippen LogP contribution in [0.15, 0.2) is 24.3 Å². The van der Waals surface area contributed by atoms with Crippen LogP contribution < -0.4 is 15.8 Å². The molecule has 0 radical (unpaired) electrons. The summed E-state index contributed by atoms with van der Waals surface area (Å²) in [7, 11) is 0. The fourth-order valence-corrected chi connectivity index (χ4v) is 2.08. The fourth-order valence-electron chi connectivity index (χ4n) is 2.08. The predicted octanol–water partition coefficient (Wildman–Crippen LogP) is 2.46. The molecule has 0 heterocycles. The third-order valence-corrected chi connectivity index (χ3v) is 3.79. The lowest BCUT2D eigenvalue weighted by Crippen LogP contribution is -2.33. The topological polar surface area (TPSA) is 67.6 Å². The molecule has 24 heavy (non-hydrogen) atoms. The van der Waals surface area contributed by atoms with E-state index in [4.69, 9.17) is 10.5 Å². The maximum absolute atomic E-state index is 11.8. The van der Waals surface area contributed by atoms with Gasteiger partial charge in [-0.3, -0.25) is 4.79 Å². The highest BCUT2D eigenvalue weighted by Crippen LogP contribution is 2.17. The SMILES string of the molecule is CCN(CC)CCOc1ccccc1CNC(=O)C(C)CN.Cl.Cl. The molecule has 0 saturated heterocycles. The van der Waals surface area contributed by atoms with Crippen molar-refractivity contribution in [2.45, 2.75) is 27.3 Å². The number of rotatable bonds is 10. The van der Waals surface area contributed by atoms with Crippen molar-refractivity contribution in [2.75, 3.05) is 32.8 Å². The molecule has 0 bridgehead atoms. The van der Waals surface area contributed by atoms with E-state index in [1.165, 1.54) is 0 Å². The van der Waals surface area contributed by atoms with Crippen molar-refractivity contribution >= 4 is 30.7 Å². The van der Waals surface area contributed by atoms with E-state index >= 15 is 0 Å². The lowest BCUT2D eigenvalue weighted by molar-refractivity contribution is -0.124. The molecule has 0 saturated carbocycles. The minimum Gasteiger partial charge on any atom is -0.492 e. The van der Waals surface area contributed by atoms with Crippen molar-refractivity contribution in [2.24, 2.45) is 11.7 Å². The van der Waals surface area contributed by atoms with E-state index in [0.29, 0.717) is 19.7 Å². The van der Waals surface area contributed by atoms with Crippen molar-refractivity contribution in [1.29, 1.82) is 0 Å². The van der Waals surface area contributed by atoms with E-state index in [1.54, 1.807) is 0 Å². The maximum Gasteiger partial charge on any atom is 0.224 e. The minimum atomic E-state index is -0.171. The third kappa shape index (κ3) is 8.73. The molecule has 1 unspecified atom stereocenters. The number of likely N-dealkylation sites (N-methyl/N-ethyl adjacent to an activating group) is 1. The van der Waals surface area contributed by atoms with Gasteiger partial charge in [0.2, 0.25) is 5.91 Å². The molecule has 1 amide bonds. The summed E-state index contributed by atoms with van der Waals surface area (Å²) in [6, 6.07) is 7.81. The van der Waals surface area contributed by atoms with Gasteiger partial charge in [-0.1, -0.05) is 39.0 Å². The van der Waals surface area contributed by atoms with Gasteiger partial charge < -0.3 is 20.7 Å². The highest BCUT2D eigenvalue weighted by molar-refractivity contribution is 5.85. The lowest BCUT2D eigenvalue weighted by Gasteiger charge is -2.19. The molecule has 0 aliphatic carbocycles. The second-order valence-corrected chi connectivity index (χ2v) is 5.34. The number of para-hydroxylation sites is 1. The van der Waals surface area contributed by atoms with Crippen LogP contribution in [0.4, 0.5) is 0 Å². The maximum atomic E-state index is 11.8. The van der Waals surface area contributed by atoms with E-state index in [1.807, 2.05) is 31.2 Å². The molecule has 1 aromatic carbocycles. The van der Waals surface area contributed by atoms with Gasteiger partial charge in [-0.2, -0.15) is 0 Å². The van der Waals surface area contributed by atoms with Crippen LogP contribution in [0.5, 0.6) is 5.75 Å². The summed E-state index contributed by atoms with van der Waals surface area (Å²) in [6.45, 7) is 10.5. The standard InChI is InChI=1S/C17H29N3O2.2ClH/c1-4-20(5-2)10-11-22-16-9-7-6-8-15(16)13-19-17(21)14(3)12-18;;/h6-9,14H,4-5,10-13,18H2,1-3H3,(H,19,21);2*1H. The zero-order valence-corrected chi connectivity index (χ0v) is 16.4. The summed E-state index contributed by atoms with van der Waals surface area (Å²) < 4.78 is 5.87. The van der Waals surface area contributed by atoms with E-state index < -0.39 is 0 Å². The fraction of sp³-hybridized carbons (Fsp3) is 0.588. The first-order valence-electron chi connectivity index (χ1n) is 8.03. The van der Waals surface area contributed by atoms with E-state index in [2.05, 4.69) is 24.1 Å². The summed E-state index contributed by atoms with van der Waals surface area (Å²) in [6.07, 6.45) is 0. The quantitative estimate of drug-likeness (QED) is 0.654. The number of halogens is 2. The third-order valence-electron chi connectivity index (χ3n) is 3.79. The summed E-state index contributed by atoms with van der Waals surface area (Å²) >= 11 is 0. The van der Waals surface area contributed by atoms with Crippen molar-refractivity contribution in [1.82, 2.24) is 10.2 Å². The molecular formula is C17H31Cl2N3O2. The van der Waals surface area contributed by atoms with Crippen LogP contribution in [-0.2, 0) is 11.3 Å². The number of carbonyl (C=O) groups is 1. The minimum absolute atomic E-state index is 0. The van der Waals surface area contributed by atoms with Gasteiger partial charge in [0.15, 0.2) is 0 Å². The average molecular weight is 380 g/mol. The van der Waals surface area contributed by atoms with Crippen LogP contribution in [-0.4, -0.2) is 43.6 Å². The zero-order valence-electron chi connectivity index (χ0n) is 14.8. The Morgan fingerprint density at radius 3 is 2.46 bits per heavy atom. The Bertz CT molecular complexity index is 457. The number of hydrogen-bond acceptors (Lipinski definition) is 4. The number of amides is 1. The number of carbonyl (C=O) groups excluding carboxylic acids is 1. The summed E-state index contributed by atoms with van der Waals surface area (Å²) in [5.74, 6) is 0.631. The lowest BCUT2D eigenvalue weighted by atomic mass is 10.1. The molecular weight excluding hydrogens is 349 g/mol. The van der Waals surface area contributed by atoms with Gasteiger partial charge in [-0.15, -0.1) is 24.8 Å². The molecule has 7 heteroatoms. The molecule has 1 rings (SSSR count). The Labute approximate surface area is 158 Å². The van der Waals surface area contributed by atoms with Gasteiger partial charge in [-0.05, 0) is 19.2 Å².